The molecule has 0 saturated carbocycles. The molecule has 0 radical (unpaired) electrons. The second-order valence-corrected chi connectivity index (χ2v) is 6.85. The summed E-state index contributed by atoms with van der Waals surface area (Å²) in [7, 11) is 0. The Morgan fingerprint density at radius 1 is 1.17 bits per heavy atom. The summed E-state index contributed by atoms with van der Waals surface area (Å²) >= 11 is 0. The van der Waals surface area contributed by atoms with Gasteiger partial charge in [-0.25, -0.2) is 0 Å². The summed E-state index contributed by atoms with van der Waals surface area (Å²) in [5.41, 5.74) is 1.59. The van der Waals surface area contributed by atoms with Crippen LogP contribution in [0, 0.1) is 0 Å². The lowest BCUT2D eigenvalue weighted by atomic mass is 9.97. The Hall–Kier alpha value is -0.910. The Kier molecular flexibility index (Phi) is 6.08. The van der Waals surface area contributed by atoms with E-state index in [1.807, 2.05) is 4.90 Å². The molecule has 2 heterocycles. The first kappa shape index (κ1) is 16.9. The van der Waals surface area contributed by atoms with E-state index < -0.39 is 0 Å². The van der Waals surface area contributed by atoms with E-state index in [4.69, 9.17) is 9.47 Å². The lowest BCUT2D eigenvalue weighted by molar-refractivity contribution is -0.187. The van der Waals surface area contributed by atoms with Crippen molar-refractivity contribution in [2.24, 2.45) is 0 Å². The molecule has 1 N–H and O–H groups in total. The third-order valence-corrected chi connectivity index (χ3v) is 5.22. The molecule has 1 amide bonds. The Morgan fingerprint density at radius 2 is 1.96 bits per heavy atom. The van der Waals surface area contributed by atoms with Gasteiger partial charge in [0.15, 0.2) is 5.79 Å². The van der Waals surface area contributed by atoms with E-state index >= 15 is 0 Å². The summed E-state index contributed by atoms with van der Waals surface area (Å²) in [4.78, 5) is 14.2. The van der Waals surface area contributed by atoms with Gasteiger partial charge in [0.25, 0.3) is 0 Å². The van der Waals surface area contributed by atoms with Gasteiger partial charge in [0.05, 0.1) is 13.2 Å². The molecule has 2 aliphatic heterocycles. The molecule has 0 aromatic heterocycles. The second-order valence-electron chi connectivity index (χ2n) is 6.85. The average molecular weight is 322 g/mol. The summed E-state index contributed by atoms with van der Waals surface area (Å²) in [5, 5.41) is 3.41. The number of hydrogen-bond donors (Lipinski definition) is 1. The van der Waals surface area contributed by atoms with Gasteiger partial charge in [-0.05, 0) is 38.6 Å². The molecule has 0 unspecified atom stereocenters. The van der Waals surface area contributed by atoms with Crippen LogP contribution in [-0.4, -0.2) is 56.0 Å². The van der Waals surface area contributed by atoms with E-state index in [0.717, 1.165) is 45.4 Å². The van der Waals surface area contributed by atoms with Crippen molar-refractivity contribution in [2.75, 3.05) is 39.4 Å². The molecule has 0 atom stereocenters. The van der Waals surface area contributed by atoms with Crippen LogP contribution >= 0.6 is 0 Å². The average Bonchev–Trinajstić information content (AvgIpc) is 3.04. The first-order valence-corrected chi connectivity index (χ1v) is 9.22. The number of piperidine rings is 1. The van der Waals surface area contributed by atoms with E-state index in [1.54, 1.807) is 5.57 Å². The number of carbonyl (C=O) groups is 1. The fraction of sp³-hybridized carbons (Fsp3) is 0.833. The van der Waals surface area contributed by atoms with Crippen LogP contribution < -0.4 is 5.32 Å². The van der Waals surface area contributed by atoms with Crippen LogP contribution in [0.5, 0.6) is 0 Å². The third kappa shape index (κ3) is 4.78. The van der Waals surface area contributed by atoms with Crippen molar-refractivity contribution in [3.05, 3.63) is 11.6 Å². The number of hydrogen-bond acceptors (Lipinski definition) is 4. The van der Waals surface area contributed by atoms with E-state index in [2.05, 4.69) is 11.4 Å². The molecule has 2 fully saturated rings. The van der Waals surface area contributed by atoms with Gasteiger partial charge in [-0.2, -0.15) is 0 Å². The van der Waals surface area contributed by atoms with Crippen LogP contribution in [0.2, 0.25) is 0 Å². The number of carbonyl (C=O) groups excluding carboxylic acids is 1. The SMILES string of the molecule is O=C(CCNCCC1=CCCCC1)N1CCC2(CC1)OCCO2. The highest BCUT2D eigenvalue weighted by atomic mass is 16.7. The van der Waals surface area contributed by atoms with Gasteiger partial charge in [0.1, 0.15) is 0 Å². The summed E-state index contributed by atoms with van der Waals surface area (Å²) in [5.74, 6) is -0.134. The zero-order valence-corrected chi connectivity index (χ0v) is 14.1. The van der Waals surface area contributed by atoms with Gasteiger partial charge in [-0.3, -0.25) is 4.79 Å². The highest BCUT2D eigenvalue weighted by molar-refractivity contribution is 5.76. The van der Waals surface area contributed by atoms with Crippen LogP contribution in [0.3, 0.4) is 0 Å². The lowest BCUT2D eigenvalue weighted by Crippen LogP contribution is -2.47. The zero-order chi connectivity index (χ0) is 16.0. The summed E-state index contributed by atoms with van der Waals surface area (Å²) in [6.07, 6.45) is 10.9. The summed E-state index contributed by atoms with van der Waals surface area (Å²) in [6, 6.07) is 0. The molecule has 5 heteroatoms. The van der Waals surface area contributed by atoms with Crippen molar-refractivity contribution in [1.29, 1.82) is 0 Å². The Labute approximate surface area is 139 Å². The largest absolute Gasteiger partial charge is 0.347 e. The topological polar surface area (TPSA) is 50.8 Å². The number of rotatable bonds is 6. The van der Waals surface area contributed by atoms with Crippen molar-refractivity contribution in [2.45, 2.75) is 57.2 Å². The predicted octanol–water partition coefficient (Wildman–Crippen LogP) is 2.22. The van der Waals surface area contributed by atoms with Crippen LogP contribution in [-0.2, 0) is 14.3 Å². The minimum atomic E-state index is -0.386. The molecule has 130 valence electrons. The van der Waals surface area contributed by atoms with Gasteiger partial charge in [-0.15, -0.1) is 0 Å². The summed E-state index contributed by atoms with van der Waals surface area (Å²) < 4.78 is 11.4. The number of likely N-dealkylation sites (tertiary alicyclic amines) is 1. The van der Waals surface area contributed by atoms with Crippen LogP contribution in [0.1, 0.15) is 51.4 Å². The van der Waals surface area contributed by atoms with E-state index in [9.17, 15) is 4.79 Å². The molecule has 1 aliphatic carbocycles. The van der Waals surface area contributed by atoms with Crippen molar-refractivity contribution in [3.8, 4) is 0 Å². The molecule has 3 aliphatic rings. The Balaban J connectivity index is 1.27. The molecule has 5 nitrogen and oxygen atoms in total. The number of allylic oxidation sites excluding steroid dienone is 1. The molecule has 23 heavy (non-hydrogen) atoms. The quantitative estimate of drug-likeness (QED) is 0.602. The molecule has 0 bridgehead atoms. The van der Waals surface area contributed by atoms with Gasteiger partial charge < -0.3 is 19.7 Å². The minimum Gasteiger partial charge on any atom is -0.347 e. The Morgan fingerprint density at radius 3 is 2.65 bits per heavy atom. The zero-order valence-electron chi connectivity index (χ0n) is 14.1. The van der Waals surface area contributed by atoms with Crippen molar-refractivity contribution in [3.63, 3.8) is 0 Å². The maximum atomic E-state index is 12.3. The number of amides is 1. The number of ether oxygens (including phenoxy) is 2. The van der Waals surface area contributed by atoms with E-state index in [0.29, 0.717) is 19.6 Å². The first-order chi connectivity index (χ1) is 11.3. The van der Waals surface area contributed by atoms with Gasteiger partial charge in [0.2, 0.25) is 5.91 Å². The van der Waals surface area contributed by atoms with Gasteiger partial charge in [0, 0.05) is 38.9 Å². The summed E-state index contributed by atoms with van der Waals surface area (Å²) in [6.45, 7) is 4.66. The maximum Gasteiger partial charge on any atom is 0.223 e. The van der Waals surface area contributed by atoms with Crippen LogP contribution in [0.15, 0.2) is 11.6 Å². The Bertz CT molecular complexity index is 420. The molecule has 0 aromatic rings. The maximum absolute atomic E-state index is 12.3. The van der Waals surface area contributed by atoms with Crippen molar-refractivity contribution < 1.29 is 14.3 Å². The molecule has 0 aromatic carbocycles. The lowest BCUT2D eigenvalue weighted by Gasteiger charge is -2.37. The minimum absolute atomic E-state index is 0.252. The fourth-order valence-corrected chi connectivity index (χ4v) is 3.74. The van der Waals surface area contributed by atoms with E-state index in [1.165, 1.54) is 25.7 Å². The third-order valence-electron chi connectivity index (χ3n) is 5.22. The molecule has 2 saturated heterocycles. The molecule has 3 rings (SSSR count). The van der Waals surface area contributed by atoms with Crippen molar-refractivity contribution in [1.82, 2.24) is 10.2 Å². The van der Waals surface area contributed by atoms with Crippen molar-refractivity contribution >= 4 is 5.91 Å². The molecular formula is C18H30N2O3. The standard InChI is InChI=1S/C18H30N2O3/c21-17(7-11-19-10-6-16-4-2-1-3-5-16)20-12-8-18(9-13-20)22-14-15-23-18/h4,19H,1-3,5-15H2. The second kappa shape index (κ2) is 8.27. The highest BCUT2D eigenvalue weighted by Gasteiger charge is 2.40. The fourth-order valence-electron chi connectivity index (χ4n) is 3.74. The van der Waals surface area contributed by atoms with Gasteiger partial charge >= 0.3 is 0 Å². The van der Waals surface area contributed by atoms with E-state index in [-0.39, 0.29) is 11.7 Å². The monoisotopic (exact) mass is 322 g/mol. The highest BCUT2D eigenvalue weighted by Crippen LogP contribution is 2.31. The molecule has 1 spiro atoms. The normalized spacial score (nSPS) is 24.0. The number of nitrogens with zero attached hydrogens (tertiary/aromatic N) is 1. The van der Waals surface area contributed by atoms with Gasteiger partial charge in [-0.1, -0.05) is 11.6 Å². The van der Waals surface area contributed by atoms with Crippen LogP contribution in [0.25, 0.3) is 0 Å². The van der Waals surface area contributed by atoms with Crippen LogP contribution in [0.4, 0.5) is 0 Å². The molecular weight excluding hydrogens is 292 g/mol. The first-order valence-electron chi connectivity index (χ1n) is 9.22. The predicted molar refractivity (Wildman–Crippen MR) is 89.1 cm³/mol. The number of nitrogens with one attached hydrogen (secondary N) is 1. The smallest absolute Gasteiger partial charge is 0.223 e.